The van der Waals surface area contributed by atoms with E-state index in [-0.39, 0.29) is 31.8 Å². The summed E-state index contributed by atoms with van der Waals surface area (Å²) < 4.78 is 0. The average molecular weight is 526 g/mol. The van der Waals surface area contributed by atoms with Gasteiger partial charge in [0.1, 0.15) is 0 Å². The molecule has 0 bridgehead atoms. The van der Waals surface area contributed by atoms with Gasteiger partial charge in [0, 0.05) is 44.2 Å². The molecular formula is C19H27BiNO3. The van der Waals surface area contributed by atoms with Gasteiger partial charge in [-0.05, 0) is 35.8 Å². The predicted molar refractivity (Wildman–Crippen MR) is 100 cm³/mol. The van der Waals surface area contributed by atoms with E-state index in [1.54, 1.807) is 0 Å². The van der Waals surface area contributed by atoms with E-state index in [9.17, 15) is 9.59 Å². The first-order valence-electron chi connectivity index (χ1n) is 8.08. The summed E-state index contributed by atoms with van der Waals surface area (Å²) in [7, 11) is 0. The van der Waals surface area contributed by atoms with Crippen molar-refractivity contribution in [1.82, 2.24) is 4.98 Å². The summed E-state index contributed by atoms with van der Waals surface area (Å²) in [6, 6.07) is 11.0. The quantitative estimate of drug-likeness (QED) is 0.453. The maximum atomic E-state index is 10.8. The third-order valence-electron chi connectivity index (χ3n) is 3.45. The van der Waals surface area contributed by atoms with E-state index in [1.807, 2.05) is 30.3 Å². The second-order valence-electron chi connectivity index (χ2n) is 6.92. The van der Waals surface area contributed by atoms with Crippen molar-refractivity contribution in [2.45, 2.75) is 52.9 Å². The Labute approximate surface area is 162 Å². The number of para-hydroxylation sites is 1. The number of carboxylic acids is 1. The van der Waals surface area contributed by atoms with Gasteiger partial charge in [-0.2, -0.15) is 0 Å². The number of H-pyrrole nitrogens is 1. The van der Waals surface area contributed by atoms with E-state index in [4.69, 9.17) is 5.11 Å². The van der Waals surface area contributed by atoms with Gasteiger partial charge in [0.15, 0.2) is 0 Å². The number of hydrogen-bond donors (Lipinski definition) is 2. The van der Waals surface area contributed by atoms with Gasteiger partial charge < -0.3 is 10.1 Å². The molecule has 0 fully saturated rings. The second-order valence-corrected chi connectivity index (χ2v) is 6.92. The summed E-state index contributed by atoms with van der Waals surface area (Å²) >= 11 is 0. The molecule has 2 rings (SSSR count). The normalized spacial score (nSPS) is 10.5. The predicted octanol–water partition coefficient (Wildman–Crippen LogP) is 4.21. The molecule has 2 N–H and O–H groups in total. The van der Waals surface area contributed by atoms with Crippen LogP contribution in [0.3, 0.4) is 0 Å². The maximum Gasteiger partial charge on any atom is 0.303 e. The Bertz CT molecular complexity index is 674. The number of unbranched alkanes of at least 4 members (excludes halogenated alkanes) is 2. The number of benzene rings is 1. The van der Waals surface area contributed by atoms with Gasteiger partial charge in [-0.15, -0.1) is 0 Å². The molecule has 3 radical (unpaired) electrons. The third-order valence-corrected chi connectivity index (χ3v) is 3.45. The number of carbonyl (C=O) groups is 1. The summed E-state index contributed by atoms with van der Waals surface area (Å²) in [5.74, 6) is -0.675. The van der Waals surface area contributed by atoms with E-state index in [1.165, 1.54) is 12.5 Å². The summed E-state index contributed by atoms with van der Waals surface area (Å²) in [6.45, 7) is 6.64. The number of hydrogen-bond acceptors (Lipinski definition) is 2. The van der Waals surface area contributed by atoms with Crippen molar-refractivity contribution in [3.05, 3.63) is 46.8 Å². The fourth-order valence-corrected chi connectivity index (χ4v) is 2.20. The Kier molecular flexibility index (Phi) is 10.8. The number of fused-ring (bicyclic) bond motifs is 1. The van der Waals surface area contributed by atoms with Gasteiger partial charge in [0.05, 0.1) is 0 Å². The van der Waals surface area contributed by atoms with Crippen LogP contribution in [0.5, 0.6) is 0 Å². The van der Waals surface area contributed by atoms with E-state index in [0.717, 1.165) is 30.2 Å². The van der Waals surface area contributed by atoms with Gasteiger partial charge in [0.25, 0.3) is 0 Å². The van der Waals surface area contributed by atoms with Crippen molar-refractivity contribution in [2.75, 3.05) is 0 Å². The molecule has 0 aliphatic heterocycles. The van der Waals surface area contributed by atoms with Crippen molar-refractivity contribution in [3.8, 4) is 0 Å². The largest absolute Gasteiger partial charge is 0.481 e. The first kappa shape index (κ1) is 22.8. The molecule has 1 heterocycles. The zero-order chi connectivity index (χ0) is 17.3. The zero-order valence-electron chi connectivity index (χ0n) is 14.7. The molecular weight excluding hydrogens is 499 g/mol. The van der Waals surface area contributed by atoms with Crippen LogP contribution in [-0.4, -0.2) is 42.3 Å². The van der Waals surface area contributed by atoms with Crippen LogP contribution in [0, 0.1) is 5.41 Å². The number of pyridine rings is 1. The molecule has 1 aromatic heterocycles. The minimum absolute atomic E-state index is 0. The Hall–Kier alpha value is -1.22. The standard InChI is InChI=1S/C10H20O2.C9H7NO.Bi/c1-10(2,3)8-6-4-5-7-9(11)12;11-9-6-5-7-3-1-2-4-8(7)10-9;/h4-8H2,1-3H3,(H,11,12);1-6H,(H,10,11);. The SMILES string of the molecule is CC(C)(C)CCCCCC(=O)O.O=c1ccc2ccccc2[nH]1.[Bi]. The molecule has 5 heteroatoms. The number of nitrogens with one attached hydrogen (secondary N) is 1. The number of aliphatic carboxylic acids is 1. The molecule has 0 amide bonds. The van der Waals surface area contributed by atoms with Gasteiger partial charge in [-0.1, -0.05) is 51.8 Å². The molecule has 0 atom stereocenters. The van der Waals surface area contributed by atoms with Crippen molar-refractivity contribution >= 4 is 43.1 Å². The van der Waals surface area contributed by atoms with Gasteiger partial charge in [0.2, 0.25) is 5.56 Å². The van der Waals surface area contributed by atoms with Crippen LogP contribution in [-0.2, 0) is 4.79 Å². The van der Waals surface area contributed by atoms with Crippen molar-refractivity contribution in [2.24, 2.45) is 5.41 Å². The first-order chi connectivity index (χ1) is 10.8. The Balaban J connectivity index is 0.000000423. The third kappa shape index (κ3) is 10.5. The maximum absolute atomic E-state index is 10.8. The van der Waals surface area contributed by atoms with Crippen LogP contribution >= 0.6 is 0 Å². The number of carboxylic acid groups (broad SMARTS) is 1. The molecule has 2 aromatic rings. The fraction of sp³-hybridized carbons (Fsp3) is 0.474. The monoisotopic (exact) mass is 526 g/mol. The molecule has 1 aromatic carbocycles. The zero-order valence-corrected chi connectivity index (χ0v) is 18.2. The number of rotatable bonds is 5. The van der Waals surface area contributed by atoms with Crippen LogP contribution < -0.4 is 5.56 Å². The average Bonchev–Trinajstić information content (AvgIpc) is 2.46. The smallest absolute Gasteiger partial charge is 0.303 e. The Morgan fingerprint density at radius 1 is 1.04 bits per heavy atom. The minimum Gasteiger partial charge on any atom is -0.481 e. The van der Waals surface area contributed by atoms with Crippen molar-refractivity contribution in [1.29, 1.82) is 0 Å². The number of aromatic amines is 1. The minimum atomic E-state index is -0.675. The van der Waals surface area contributed by atoms with Crippen molar-refractivity contribution < 1.29 is 9.90 Å². The molecule has 0 unspecified atom stereocenters. The first-order valence-corrected chi connectivity index (χ1v) is 8.08. The molecule has 0 spiro atoms. The van der Waals surface area contributed by atoms with Crippen LogP contribution in [0.4, 0.5) is 0 Å². The molecule has 0 aliphatic rings. The Morgan fingerprint density at radius 2 is 1.71 bits per heavy atom. The summed E-state index contributed by atoms with van der Waals surface area (Å²) in [5.41, 5.74) is 1.23. The molecule has 0 saturated heterocycles. The van der Waals surface area contributed by atoms with Gasteiger partial charge in [-0.3, -0.25) is 9.59 Å². The molecule has 0 aliphatic carbocycles. The van der Waals surface area contributed by atoms with E-state index < -0.39 is 5.97 Å². The van der Waals surface area contributed by atoms with E-state index in [0.29, 0.717) is 11.8 Å². The molecule has 4 nitrogen and oxygen atoms in total. The van der Waals surface area contributed by atoms with Crippen LogP contribution in [0.15, 0.2) is 41.2 Å². The van der Waals surface area contributed by atoms with Crippen LogP contribution in [0.25, 0.3) is 10.9 Å². The van der Waals surface area contributed by atoms with Gasteiger partial charge in [-0.25, -0.2) is 0 Å². The van der Waals surface area contributed by atoms with Gasteiger partial charge >= 0.3 is 5.97 Å². The summed E-state index contributed by atoms with van der Waals surface area (Å²) in [4.78, 5) is 23.7. The number of aromatic nitrogens is 1. The summed E-state index contributed by atoms with van der Waals surface area (Å²) in [6.07, 6.45) is 4.53. The molecule has 131 valence electrons. The van der Waals surface area contributed by atoms with Crippen LogP contribution in [0.1, 0.15) is 52.9 Å². The van der Waals surface area contributed by atoms with Crippen molar-refractivity contribution in [3.63, 3.8) is 0 Å². The second kappa shape index (κ2) is 11.4. The topological polar surface area (TPSA) is 70.2 Å². The Morgan fingerprint density at radius 3 is 2.33 bits per heavy atom. The molecule has 0 saturated carbocycles. The van der Waals surface area contributed by atoms with E-state index in [2.05, 4.69) is 25.8 Å². The van der Waals surface area contributed by atoms with Crippen LogP contribution in [0.2, 0.25) is 0 Å². The fourth-order valence-electron chi connectivity index (χ4n) is 2.20. The molecule has 24 heavy (non-hydrogen) atoms. The van der Waals surface area contributed by atoms with E-state index >= 15 is 0 Å². The summed E-state index contributed by atoms with van der Waals surface area (Å²) in [5, 5.41) is 9.43.